The fraction of sp³-hybridized carbons (Fsp3) is 0.368. The van der Waals surface area contributed by atoms with Crippen LogP contribution in [0.4, 0.5) is 4.39 Å². The highest BCUT2D eigenvalue weighted by atomic mass is 19.1. The molecule has 1 aliphatic carbocycles. The van der Waals surface area contributed by atoms with Gasteiger partial charge in [-0.1, -0.05) is 18.2 Å². The molecule has 21 heavy (non-hydrogen) atoms. The third-order valence-electron chi connectivity index (χ3n) is 4.36. The maximum Gasteiger partial charge on any atom is 0.127 e. The lowest BCUT2D eigenvalue weighted by molar-refractivity contribution is 0.587. The molecule has 2 aromatic rings. The zero-order valence-corrected chi connectivity index (χ0v) is 13.0. The van der Waals surface area contributed by atoms with E-state index in [4.69, 9.17) is 0 Å². The smallest absolute Gasteiger partial charge is 0.127 e. The normalized spacial score (nSPS) is 14.5. The Hall–Kier alpha value is -1.67. The average Bonchev–Trinajstić information content (AvgIpc) is 3.26. The van der Waals surface area contributed by atoms with Crippen LogP contribution in [0.5, 0.6) is 0 Å². The molecular weight excluding hydrogens is 261 g/mol. The van der Waals surface area contributed by atoms with Gasteiger partial charge in [0.25, 0.3) is 0 Å². The molecule has 1 saturated carbocycles. The number of rotatable bonds is 4. The highest BCUT2D eigenvalue weighted by molar-refractivity contribution is 5.69. The van der Waals surface area contributed by atoms with Crippen molar-refractivity contribution >= 4 is 0 Å². The van der Waals surface area contributed by atoms with Crippen molar-refractivity contribution in [3.63, 3.8) is 0 Å². The summed E-state index contributed by atoms with van der Waals surface area (Å²) in [5, 5.41) is 3.39. The van der Waals surface area contributed by atoms with Gasteiger partial charge in [-0.3, -0.25) is 0 Å². The van der Waals surface area contributed by atoms with Gasteiger partial charge in [-0.25, -0.2) is 4.39 Å². The molecule has 0 heterocycles. The predicted molar refractivity (Wildman–Crippen MR) is 85.9 cm³/mol. The van der Waals surface area contributed by atoms with Gasteiger partial charge in [0, 0.05) is 18.2 Å². The van der Waals surface area contributed by atoms with Gasteiger partial charge in [-0.2, -0.15) is 0 Å². The monoisotopic (exact) mass is 283 g/mol. The van der Waals surface area contributed by atoms with Gasteiger partial charge < -0.3 is 5.32 Å². The third-order valence-corrected chi connectivity index (χ3v) is 4.36. The van der Waals surface area contributed by atoms with E-state index in [9.17, 15) is 4.39 Å². The van der Waals surface area contributed by atoms with Crippen LogP contribution in [0.15, 0.2) is 30.3 Å². The summed E-state index contributed by atoms with van der Waals surface area (Å²) in [7, 11) is 0. The Morgan fingerprint density at radius 1 is 1.00 bits per heavy atom. The molecule has 2 heteroatoms. The molecule has 0 unspecified atom stereocenters. The minimum atomic E-state index is -0.117. The molecule has 0 spiro atoms. The molecule has 2 aromatic carbocycles. The van der Waals surface area contributed by atoms with Gasteiger partial charge in [0.15, 0.2) is 0 Å². The number of halogens is 1. The van der Waals surface area contributed by atoms with E-state index < -0.39 is 0 Å². The lowest BCUT2D eigenvalue weighted by atomic mass is 9.94. The molecule has 0 saturated heterocycles. The minimum Gasteiger partial charge on any atom is -0.310 e. The third kappa shape index (κ3) is 3.16. The second-order valence-corrected chi connectivity index (χ2v) is 6.21. The van der Waals surface area contributed by atoms with E-state index in [2.05, 4.69) is 38.2 Å². The Bertz CT molecular complexity index is 672. The van der Waals surface area contributed by atoms with Gasteiger partial charge in [0.05, 0.1) is 0 Å². The first kappa shape index (κ1) is 14.3. The Kier molecular flexibility index (Phi) is 3.81. The van der Waals surface area contributed by atoms with E-state index in [1.165, 1.54) is 35.1 Å². The molecule has 0 bridgehead atoms. The van der Waals surface area contributed by atoms with Crippen LogP contribution in [-0.4, -0.2) is 6.04 Å². The second-order valence-electron chi connectivity index (χ2n) is 6.21. The first-order valence-electron chi connectivity index (χ1n) is 7.64. The van der Waals surface area contributed by atoms with E-state index in [0.29, 0.717) is 12.6 Å². The predicted octanol–water partition coefficient (Wildman–Crippen LogP) is 4.67. The van der Waals surface area contributed by atoms with Crippen molar-refractivity contribution in [2.24, 2.45) is 0 Å². The number of hydrogen-bond donors (Lipinski definition) is 1. The van der Waals surface area contributed by atoms with Gasteiger partial charge in [0.1, 0.15) is 5.82 Å². The second kappa shape index (κ2) is 5.61. The average molecular weight is 283 g/mol. The van der Waals surface area contributed by atoms with Crippen LogP contribution in [0.3, 0.4) is 0 Å². The Balaban J connectivity index is 1.94. The molecule has 1 aliphatic rings. The van der Waals surface area contributed by atoms with Crippen LogP contribution in [0.1, 0.15) is 35.1 Å². The first-order chi connectivity index (χ1) is 10.0. The summed E-state index contributed by atoms with van der Waals surface area (Å²) < 4.78 is 14.0. The molecule has 110 valence electrons. The summed E-state index contributed by atoms with van der Waals surface area (Å²) in [5.74, 6) is -0.117. The Morgan fingerprint density at radius 3 is 2.43 bits per heavy atom. The summed E-state index contributed by atoms with van der Waals surface area (Å²) >= 11 is 0. The zero-order valence-electron chi connectivity index (χ0n) is 13.0. The number of aryl methyl sites for hydroxylation is 3. The Morgan fingerprint density at radius 2 is 1.71 bits per heavy atom. The molecule has 0 atom stereocenters. The standard InChI is InChI=1S/C19H22FN/c1-12-8-14(3)18(9-13(12)2)15-4-7-19(20)16(10-15)11-21-17-5-6-17/h4,7-10,17,21H,5-6,11H2,1-3H3. The SMILES string of the molecule is Cc1cc(C)c(-c2ccc(F)c(CNC3CC3)c2)cc1C. The molecule has 0 aliphatic heterocycles. The van der Waals surface area contributed by atoms with Crippen molar-refractivity contribution in [3.05, 3.63) is 58.4 Å². The molecule has 0 aromatic heterocycles. The molecule has 1 N–H and O–H groups in total. The number of hydrogen-bond acceptors (Lipinski definition) is 1. The summed E-state index contributed by atoms with van der Waals surface area (Å²) in [6, 6.07) is 10.5. The molecule has 0 amide bonds. The number of benzene rings is 2. The molecular formula is C19H22FN. The number of nitrogens with one attached hydrogen (secondary N) is 1. The largest absolute Gasteiger partial charge is 0.310 e. The zero-order chi connectivity index (χ0) is 15.0. The Labute approximate surface area is 126 Å². The van der Waals surface area contributed by atoms with E-state index in [0.717, 1.165) is 11.1 Å². The van der Waals surface area contributed by atoms with Crippen molar-refractivity contribution in [3.8, 4) is 11.1 Å². The summed E-state index contributed by atoms with van der Waals surface area (Å²) in [4.78, 5) is 0. The van der Waals surface area contributed by atoms with Crippen LogP contribution < -0.4 is 5.32 Å². The molecule has 1 nitrogen and oxygen atoms in total. The van der Waals surface area contributed by atoms with Crippen molar-refractivity contribution < 1.29 is 4.39 Å². The van der Waals surface area contributed by atoms with Crippen LogP contribution in [0.25, 0.3) is 11.1 Å². The quantitative estimate of drug-likeness (QED) is 0.859. The van der Waals surface area contributed by atoms with E-state index in [-0.39, 0.29) is 5.82 Å². The summed E-state index contributed by atoms with van der Waals surface area (Å²) in [6.45, 7) is 6.99. The molecule has 3 rings (SSSR count). The van der Waals surface area contributed by atoms with Crippen LogP contribution >= 0.6 is 0 Å². The van der Waals surface area contributed by atoms with E-state index in [1.807, 2.05) is 12.1 Å². The fourth-order valence-corrected chi connectivity index (χ4v) is 2.69. The van der Waals surface area contributed by atoms with Crippen molar-refractivity contribution in [1.82, 2.24) is 5.32 Å². The highest BCUT2D eigenvalue weighted by Crippen LogP contribution is 2.28. The van der Waals surface area contributed by atoms with Gasteiger partial charge in [-0.15, -0.1) is 0 Å². The lowest BCUT2D eigenvalue weighted by Gasteiger charge is -2.12. The maximum absolute atomic E-state index is 14.0. The molecule has 0 radical (unpaired) electrons. The van der Waals surface area contributed by atoms with Gasteiger partial charge in [-0.05, 0) is 73.6 Å². The van der Waals surface area contributed by atoms with Crippen molar-refractivity contribution in [2.45, 2.75) is 46.2 Å². The van der Waals surface area contributed by atoms with Crippen LogP contribution in [0, 0.1) is 26.6 Å². The minimum absolute atomic E-state index is 0.117. The summed E-state index contributed by atoms with van der Waals surface area (Å²) in [6.07, 6.45) is 2.44. The van der Waals surface area contributed by atoms with Crippen molar-refractivity contribution in [1.29, 1.82) is 0 Å². The van der Waals surface area contributed by atoms with E-state index in [1.54, 1.807) is 6.07 Å². The lowest BCUT2D eigenvalue weighted by Crippen LogP contribution is -2.16. The first-order valence-corrected chi connectivity index (χ1v) is 7.64. The maximum atomic E-state index is 14.0. The van der Waals surface area contributed by atoms with E-state index >= 15 is 0 Å². The summed E-state index contributed by atoms with van der Waals surface area (Å²) in [5.41, 5.74) is 6.88. The highest BCUT2D eigenvalue weighted by Gasteiger charge is 2.20. The van der Waals surface area contributed by atoms with Gasteiger partial charge in [0.2, 0.25) is 0 Å². The van der Waals surface area contributed by atoms with Gasteiger partial charge >= 0.3 is 0 Å². The molecule has 1 fully saturated rings. The van der Waals surface area contributed by atoms with Crippen LogP contribution in [-0.2, 0) is 6.54 Å². The van der Waals surface area contributed by atoms with Crippen molar-refractivity contribution in [2.75, 3.05) is 0 Å². The fourth-order valence-electron chi connectivity index (χ4n) is 2.69. The van der Waals surface area contributed by atoms with Crippen LogP contribution in [0.2, 0.25) is 0 Å². The topological polar surface area (TPSA) is 12.0 Å².